The van der Waals surface area contributed by atoms with E-state index in [1.165, 1.54) is 0 Å². The van der Waals surface area contributed by atoms with Gasteiger partial charge in [0.1, 0.15) is 11.9 Å². The van der Waals surface area contributed by atoms with E-state index in [9.17, 15) is 4.79 Å². The molecule has 0 saturated heterocycles. The summed E-state index contributed by atoms with van der Waals surface area (Å²) in [6.07, 6.45) is 3.93. The van der Waals surface area contributed by atoms with E-state index < -0.39 is 0 Å². The van der Waals surface area contributed by atoms with Crippen LogP contribution in [0.25, 0.3) is 0 Å². The molecule has 1 amide bonds. The van der Waals surface area contributed by atoms with Gasteiger partial charge in [-0.25, -0.2) is 0 Å². The topological polar surface area (TPSA) is 63.2 Å². The number of nitrogens with zero attached hydrogens (tertiary/aromatic N) is 1. The summed E-state index contributed by atoms with van der Waals surface area (Å²) in [5.74, 6) is 0.353. The fraction of sp³-hybridized carbons (Fsp3) is 0.182. The number of anilines is 1. The van der Waals surface area contributed by atoms with Crippen LogP contribution in [-0.4, -0.2) is 24.5 Å². The third kappa shape index (κ3) is 5.15. The minimum atomic E-state index is -0.211. The number of nitrogens with one attached hydrogen (secondary N) is 2. The summed E-state index contributed by atoms with van der Waals surface area (Å²) in [4.78, 5) is 16.7. The minimum absolute atomic E-state index is 0.145. The van der Waals surface area contributed by atoms with Crippen molar-refractivity contribution in [1.29, 1.82) is 0 Å². The Kier molecular flexibility index (Phi) is 6.55. The number of benzene rings is 2. The lowest BCUT2D eigenvalue weighted by Gasteiger charge is -2.21. The van der Waals surface area contributed by atoms with Gasteiger partial charge in [0, 0.05) is 24.5 Å². The summed E-state index contributed by atoms with van der Waals surface area (Å²) >= 11 is 0. The quantitative estimate of drug-likeness (QED) is 0.635. The molecule has 0 bridgehead atoms. The number of hydrogen-bond acceptors (Lipinski definition) is 4. The van der Waals surface area contributed by atoms with Gasteiger partial charge in [0.2, 0.25) is 0 Å². The third-order valence-corrected chi connectivity index (χ3v) is 4.17. The SMILES string of the molecule is CNCCC(Oc1ccccc1C(=O)Nc1ccncc1)c1ccccc1. The van der Waals surface area contributed by atoms with E-state index in [1.54, 1.807) is 30.6 Å². The first-order valence-electron chi connectivity index (χ1n) is 8.94. The van der Waals surface area contributed by atoms with Crippen molar-refractivity contribution in [2.24, 2.45) is 0 Å². The van der Waals surface area contributed by atoms with Gasteiger partial charge < -0.3 is 15.4 Å². The van der Waals surface area contributed by atoms with E-state index in [0.717, 1.165) is 18.5 Å². The number of amides is 1. The molecule has 1 heterocycles. The van der Waals surface area contributed by atoms with Gasteiger partial charge in [-0.15, -0.1) is 0 Å². The normalized spacial score (nSPS) is 11.6. The highest BCUT2D eigenvalue weighted by Gasteiger charge is 2.18. The molecule has 1 atom stereocenters. The predicted molar refractivity (Wildman–Crippen MR) is 107 cm³/mol. The Hall–Kier alpha value is -3.18. The second kappa shape index (κ2) is 9.50. The second-order valence-electron chi connectivity index (χ2n) is 6.10. The van der Waals surface area contributed by atoms with Gasteiger partial charge in [0.25, 0.3) is 5.91 Å². The van der Waals surface area contributed by atoms with E-state index in [1.807, 2.05) is 55.6 Å². The molecule has 0 radical (unpaired) electrons. The van der Waals surface area contributed by atoms with Crippen LogP contribution >= 0.6 is 0 Å². The van der Waals surface area contributed by atoms with Gasteiger partial charge in [-0.3, -0.25) is 9.78 Å². The van der Waals surface area contributed by atoms with E-state index >= 15 is 0 Å². The molecule has 5 nitrogen and oxygen atoms in total. The predicted octanol–water partition coefficient (Wildman–Crippen LogP) is 4.06. The standard InChI is InChI=1S/C22H23N3O2/c1-23-14-13-20(17-7-3-2-4-8-17)27-21-10-6-5-9-19(21)22(26)25-18-11-15-24-16-12-18/h2-12,15-16,20,23H,13-14H2,1H3,(H,24,25,26). The van der Waals surface area contributed by atoms with Crippen molar-refractivity contribution in [1.82, 2.24) is 10.3 Å². The summed E-state index contributed by atoms with van der Waals surface area (Å²) in [6.45, 7) is 0.810. The van der Waals surface area contributed by atoms with Gasteiger partial charge in [0.05, 0.1) is 5.56 Å². The maximum absolute atomic E-state index is 12.7. The Morgan fingerprint density at radius 3 is 2.44 bits per heavy atom. The average molecular weight is 361 g/mol. The molecule has 3 rings (SSSR count). The Morgan fingerprint density at radius 2 is 1.70 bits per heavy atom. The number of carbonyl (C=O) groups excluding carboxylic acids is 1. The molecular weight excluding hydrogens is 338 g/mol. The van der Waals surface area contributed by atoms with Crippen molar-refractivity contribution < 1.29 is 9.53 Å². The summed E-state index contributed by atoms with van der Waals surface area (Å²) in [7, 11) is 1.91. The van der Waals surface area contributed by atoms with Crippen molar-refractivity contribution in [3.05, 3.63) is 90.3 Å². The molecule has 0 spiro atoms. The highest BCUT2D eigenvalue weighted by molar-refractivity contribution is 6.06. The van der Waals surface area contributed by atoms with Crippen LogP contribution in [-0.2, 0) is 0 Å². The van der Waals surface area contributed by atoms with Crippen LogP contribution in [0.15, 0.2) is 79.1 Å². The highest BCUT2D eigenvalue weighted by Crippen LogP contribution is 2.28. The molecule has 0 aliphatic rings. The smallest absolute Gasteiger partial charge is 0.259 e. The molecule has 27 heavy (non-hydrogen) atoms. The first kappa shape index (κ1) is 18.6. The molecule has 5 heteroatoms. The molecule has 2 aromatic carbocycles. The Bertz CT molecular complexity index is 854. The van der Waals surface area contributed by atoms with Gasteiger partial charge in [-0.2, -0.15) is 0 Å². The van der Waals surface area contributed by atoms with Crippen molar-refractivity contribution in [3.8, 4) is 5.75 Å². The van der Waals surface area contributed by atoms with Crippen molar-refractivity contribution in [2.75, 3.05) is 18.9 Å². The maximum atomic E-state index is 12.7. The van der Waals surface area contributed by atoms with Gasteiger partial charge in [-0.05, 0) is 43.4 Å². The molecule has 0 fully saturated rings. The number of carbonyl (C=O) groups is 1. The summed E-state index contributed by atoms with van der Waals surface area (Å²) in [6, 6.07) is 20.9. The van der Waals surface area contributed by atoms with Crippen LogP contribution in [0, 0.1) is 0 Å². The number of pyridine rings is 1. The zero-order chi connectivity index (χ0) is 18.9. The summed E-state index contributed by atoms with van der Waals surface area (Å²) in [5.41, 5.74) is 2.27. The molecule has 0 aliphatic carbocycles. The van der Waals surface area contributed by atoms with E-state index in [0.29, 0.717) is 17.0 Å². The first-order chi connectivity index (χ1) is 13.3. The van der Waals surface area contributed by atoms with E-state index in [-0.39, 0.29) is 12.0 Å². The zero-order valence-corrected chi connectivity index (χ0v) is 15.3. The Morgan fingerprint density at radius 1 is 1.00 bits per heavy atom. The molecule has 0 saturated carbocycles. The third-order valence-electron chi connectivity index (χ3n) is 4.17. The van der Waals surface area contributed by atoms with Crippen LogP contribution in [0.2, 0.25) is 0 Å². The van der Waals surface area contributed by atoms with Gasteiger partial charge >= 0.3 is 0 Å². The Labute approximate surface area is 159 Å². The highest BCUT2D eigenvalue weighted by atomic mass is 16.5. The first-order valence-corrected chi connectivity index (χ1v) is 8.94. The molecule has 3 aromatic rings. The zero-order valence-electron chi connectivity index (χ0n) is 15.3. The number of aromatic nitrogens is 1. The Balaban J connectivity index is 1.82. The summed E-state index contributed by atoms with van der Waals surface area (Å²) < 4.78 is 6.28. The van der Waals surface area contributed by atoms with Crippen LogP contribution in [0.4, 0.5) is 5.69 Å². The van der Waals surface area contributed by atoms with Crippen LogP contribution in [0.5, 0.6) is 5.75 Å². The number of para-hydroxylation sites is 1. The van der Waals surface area contributed by atoms with E-state index in [2.05, 4.69) is 15.6 Å². The molecule has 1 unspecified atom stereocenters. The lowest BCUT2D eigenvalue weighted by atomic mass is 10.1. The molecule has 0 aliphatic heterocycles. The van der Waals surface area contributed by atoms with Crippen LogP contribution in [0.3, 0.4) is 0 Å². The molecular formula is C22H23N3O2. The summed E-state index contributed by atoms with van der Waals surface area (Å²) in [5, 5.41) is 6.04. The monoisotopic (exact) mass is 361 g/mol. The molecule has 2 N–H and O–H groups in total. The van der Waals surface area contributed by atoms with Crippen LogP contribution < -0.4 is 15.4 Å². The average Bonchev–Trinajstić information content (AvgIpc) is 2.72. The lowest BCUT2D eigenvalue weighted by Crippen LogP contribution is -2.18. The fourth-order valence-corrected chi connectivity index (χ4v) is 2.78. The largest absolute Gasteiger partial charge is 0.485 e. The maximum Gasteiger partial charge on any atom is 0.259 e. The molecule has 138 valence electrons. The molecule has 1 aromatic heterocycles. The minimum Gasteiger partial charge on any atom is -0.485 e. The fourth-order valence-electron chi connectivity index (χ4n) is 2.78. The van der Waals surface area contributed by atoms with Crippen molar-refractivity contribution in [3.63, 3.8) is 0 Å². The number of ether oxygens (including phenoxy) is 1. The second-order valence-corrected chi connectivity index (χ2v) is 6.10. The van der Waals surface area contributed by atoms with Gasteiger partial charge in [-0.1, -0.05) is 42.5 Å². The van der Waals surface area contributed by atoms with Crippen LogP contribution in [0.1, 0.15) is 28.4 Å². The van der Waals surface area contributed by atoms with E-state index in [4.69, 9.17) is 4.74 Å². The van der Waals surface area contributed by atoms with Crippen molar-refractivity contribution in [2.45, 2.75) is 12.5 Å². The van der Waals surface area contributed by atoms with Crippen molar-refractivity contribution >= 4 is 11.6 Å². The van der Waals surface area contributed by atoms with Gasteiger partial charge in [0.15, 0.2) is 0 Å². The number of hydrogen-bond donors (Lipinski definition) is 2. The lowest BCUT2D eigenvalue weighted by molar-refractivity contribution is 0.101. The number of rotatable bonds is 8.